The molecule has 3 aromatic carbocycles. The molecule has 0 saturated carbocycles. The number of amides is 2. The molecule has 0 unspecified atom stereocenters. The Hall–Kier alpha value is -3.80. The van der Waals surface area contributed by atoms with Gasteiger partial charge < -0.3 is 20.5 Å². The highest BCUT2D eigenvalue weighted by Crippen LogP contribution is 2.22. The summed E-state index contributed by atoms with van der Waals surface area (Å²) in [6.45, 7) is 0.125. The molecule has 6 heteroatoms. The van der Waals surface area contributed by atoms with Gasteiger partial charge in [-0.15, -0.1) is 0 Å². The highest BCUT2D eigenvalue weighted by Gasteiger charge is 2.08. The normalized spacial score (nSPS) is 10.3. The van der Waals surface area contributed by atoms with Crippen molar-refractivity contribution in [2.24, 2.45) is 5.73 Å². The molecule has 0 atom stereocenters. The van der Waals surface area contributed by atoms with Gasteiger partial charge in [-0.2, -0.15) is 0 Å². The van der Waals surface area contributed by atoms with Gasteiger partial charge in [-0.1, -0.05) is 48.5 Å². The monoisotopic (exact) mass is 404 g/mol. The highest BCUT2D eigenvalue weighted by atomic mass is 16.5. The van der Waals surface area contributed by atoms with Crippen LogP contribution >= 0.6 is 0 Å². The van der Waals surface area contributed by atoms with E-state index in [-0.39, 0.29) is 25.5 Å². The number of nitrogens with two attached hydrogens (primary N) is 1. The Labute approximate surface area is 175 Å². The van der Waals surface area contributed by atoms with E-state index in [4.69, 9.17) is 15.2 Å². The largest absolute Gasteiger partial charge is 0.493 e. The number of rotatable bonds is 10. The van der Waals surface area contributed by atoms with E-state index in [0.29, 0.717) is 17.2 Å². The average molecular weight is 404 g/mol. The van der Waals surface area contributed by atoms with Crippen LogP contribution in [0.3, 0.4) is 0 Å². The zero-order valence-corrected chi connectivity index (χ0v) is 16.5. The number of carbonyl (C=O) groups is 2. The van der Waals surface area contributed by atoms with Crippen molar-refractivity contribution in [2.75, 3.05) is 18.5 Å². The number of ether oxygens (including phenoxy) is 2. The second-order valence-electron chi connectivity index (χ2n) is 6.70. The number of nitrogens with one attached hydrogen (secondary N) is 1. The maximum absolute atomic E-state index is 12.3. The Bertz CT molecular complexity index is 972. The molecule has 0 aliphatic carbocycles. The van der Waals surface area contributed by atoms with Crippen LogP contribution in [0.2, 0.25) is 0 Å². The summed E-state index contributed by atoms with van der Waals surface area (Å²) in [5.41, 5.74) is 7.90. The molecule has 3 aromatic rings. The van der Waals surface area contributed by atoms with E-state index < -0.39 is 5.91 Å². The van der Waals surface area contributed by atoms with Crippen molar-refractivity contribution in [3.63, 3.8) is 0 Å². The molecule has 154 valence electrons. The third-order valence-corrected chi connectivity index (χ3v) is 4.32. The molecule has 0 heterocycles. The van der Waals surface area contributed by atoms with E-state index in [1.807, 2.05) is 42.5 Å². The van der Waals surface area contributed by atoms with Crippen LogP contribution in [-0.2, 0) is 16.0 Å². The van der Waals surface area contributed by atoms with Crippen molar-refractivity contribution in [1.82, 2.24) is 0 Å². The minimum absolute atomic E-state index is 0.0946. The molecule has 0 aliphatic rings. The summed E-state index contributed by atoms with van der Waals surface area (Å²) in [5, 5.41) is 2.79. The average Bonchev–Trinajstić information content (AvgIpc) is 2.75. The Morgan fingerprint density at radius 2 is 1.53 bits per heavy atom. The van der Waals surface area contributed by atoms with Gasteiger partial charge in [0.25, 0.3) is 5.91 Å². The van der Waals surface area contributed by atoms with Crippen LogP contribution in [0.1, 0.15) is 17.5 Å². The standard InChI is InChI=1S/C24H24N2O4/c25-23(27)14-15-29-21-12-10-20(11-13-21)26-24(28)17-30-22-9-5-4-8-19(22)16-18-6-2-1-3-7-18/h1-13H,14-17H2,(H2,25,27)(H,26,28). The second-order valence-corrected chi connectivity index (χ2v) is 6.70. The maximum atomic E-state index is 12.3. The van der Waals surface area contributed by atoms with Gasteiger partial charge in [0.1, 0.15) is 11.5 Å². The first kappa shape index (κ1) is 20.9. The van der Waals surface area contributed by atoms with Crippen LogP contribution in [-0.4, -0.2) is 25.0 Å². The van der Waals surface area contributed by atoms with E-state index in [1.165, 1.54) is 5.56 Å². The molecule has 0 bridgehead atoms. The molecule has 0 aromatic heterocycles. The molecule has 30 heavy (non-hydrogen) atoms. The van der Waals surface area contributed by atoms with Crippen LogP contribution in [0, 0.1) is 0 Å². The van der Waals surface area contributed by atoms with Crippen molar-refractivity contribution in [3.8, 4) is 11.5 Å². The highest BCUT2D eigenvalue weighted by molar-refractivity contribution is 5.91. The predicted molar refractivity (Wildman–Crippen MR) is 116 cm³/mol. The van der Waals surface area contributed by atoms with E-state index in [2.05, 4.69) is 17.4 Å². The number of hydrogen-bond donors (Lipinski definition) is 2. The van der Waals surface area contributed by atoms with Crippen molar-refractivity contribution < 1.29 is 19.1 Å². The fourth-order valence-electron chi connectivity index (χ4n) is 2.85. The predicted octanol–water partition coefficient (Wildman–Crippen LogP) is 3.55. The van der Waals surface area contributed by atoms with Crippen molar-refractivity contribution in [2.45, 2.75) is 12.8 Å². The van der Waals surface area contributed by atoms with Crippen LogP contribution in [0.5, 0.6) is 11.5 Å². The minimum Gasteiger partial charge on any atom is -0.493 e. The van der Waals surface area contributed by atoms with E-state index in [1.54, 1.807) is 24.3 Å². The molecule has 0 fully saturated rings. The first-order valence-corrected chi connectivity index (χ1v) is 9.66. The van der Waals surface area contributed by atoms with Gasteiger partial charge in [-0.25, -0.2) is 0 Å². The summed E-state index contributed by atoms with van der Waals surface area (Å²) in [6.07, 6.45) is 0.886. The lowest BCUT2D eigenvalue weighted by atomic mass is 10.0. The van der Waals surface area contributed by atoms with Crippen LogP contribution < -0.4 is 20.5 Å². The molecule has 2 amide bonds. The van der Waals surface area contributed by atoms with Crippen LogP contribution in [0.4, 0.5) is 5.69 Å². The molecule has 0 aliphatic heterocycles. The maximum Gasteiger partial charge on any atom is 0.262 e. The quantitative estimate of drug-likeness (QED) is 0.541. The summed E-state index contributed by atoms with van der Waals surface area (Å²) in [4.78, 5) is 23.0. The molecule has 0 radical (unpaired) electrons. The SMILES string of the molecule is NC(=O)CCOc1ccc(NC(=O)COc2ccccc2Cc2ccccc2)cc1. The zero-order valence-electron chi connectivity index (χ0n) is 16.5. The fourth-order valence-corrected chi connectivity index (χ4v) is 2.85. The molecule has 3 N–H and O–H groups in total. The smallest absolute Gasteiger partial charge is 0.262 e. The molecular formula is C24H24N2O4. The van der Waals surface area contributed by atoms with Gasteiger partial charge in [0.15, 0.2) is 6.61 Å². The van der Waals surface area contributed by atoms with Gasteiger partial charge >= 0.3 is 0 Å². The number of para-hydroxylation sites is 1. The number of primary amides is 1. The first-order valence-electron chi connectivity index (χ1n) is 9.66. The topological polar surface area (TPSA) is 90.7 Å². The lowest BCUT2D eigenvalue weighted by Gasteiger charge is -2.12. The Kier molecular flexibility index (Phi) is 7.44. The van der Waals surface area contributed by atoms with Crippen molar-refractivity contribution in [3.05, 3.63) is 90.0 Å². The van der Waals surface area contributed by atoms with Crippen molar-refractivity contribution >= 4 is 17.5 Å². The first-order chi connectivity index (χ1) is 14.6. The van der Waals surface area contributed by atoms with Gasteiger partial charge in [0, 0.05) is 12.1 Å². The van der Waals surface area contributed by atoms with Crippen molar-refractivity contribution in [1.29, 1.82) is 0 Å². The lowest BCUT2D eigenvalue weighted by Crippen LogP contribution is -2.20. The summed E-state index contributed by atoms with van der Waals surface area (Å²) < 4.78 is 11.2. The Balaban J connectivity index is 1.51. The third-order valence-electron chi connectivity index (χ3n) is 4.32. The lowest BCUT2D eigenvalue weighted by molar-refractivity contribution is -0.119. The van der Waals surface area contributed by atoms with Gasteiger partial charge in [0.05, 0.1) is 13.0 Å². The number of hydrogen-bond acceptors (Lipinski definition) is 4. The molecule has 3 rings (SSSR count). The minimum atomic E-state index is -0.413. The van der Waals surface area contributed by atoms with Gasteiger partial charge in [-0.3, -0.25) is 9.59 Å². The Morgan fingerprint density at radius 1 is 0.833 bits per heavy atom. The third kappa shape index (κ3) is 6.67. The van der Waals surface area contributed by atoms with Gasteiger partial charge in [-0.05, 0) is 41.5 Å². The van der Waals surface area contributed by atoms with Crippen LogP contribution in [0.25, 0.3) is 0 Å². The number of benzene rings is 3. The Morgan fingerprint density at radius 3 is 2.27 bits per heavy atom. The molecular weight excluding hydrogens is 380 g/mol. The van der Waals surface area contributed by atoms with Crippen LogP contribution in [0.15, 0.2) is 78.9 Å². The molecule has 6 nitrogen and oxygen atoms in total. The summed E-state index contributed by atoms with van der Waals surface area (Å²) in [5.74, 6) is 0.617. The second kappa shape index (κ2) is 10.7. The van der Waals surface area contributed by atoms with E-state index in [0.717, 1.165) is 12.0 Å². The van der Waals surface area contributed by atoms with E-state index >= 15 is 0 Å². The summed E-state index contributed by atoms with van der Waals surface area (Å²) in [7, 11) is 0. The molecule has 0 spiro atoms. The van der Waals surface area contributed by atoms with Gasteiger partial charge in [0.2, 0.25) is 5.91 Å². The number of carbonyl (C=O) groups excluding carboxylic acids is 2. The summed E-state index contributed by atoms with van der Waals surface area (Å²) in [6, 6.07) is 24.7. The zero-order chi connectivity index (χ0) is 21.2. The van der Waals surface area contributed by atoms with E-state index in [9.17, 15) is 9.59 Å². The number of anilines is 1. The fraction of sp³-hybridized carbons (Fsp3) is 0.167. The molecule has 0 saturated heterocycles. The summed E-state index contributed by atoms with van der Waals surface area (Å²) >= 11 is 0.